The third kappa shape index (κ3) is 3.90. The number of carbonyl (C=O) groups excluding carboxylic acids is 1. The Labute approximate surface area is 207 Å². The molecule has 35 heavy (non-hydrogen) atoms. The van der Waals surface area contributed by atoms with Crippen molar-refractivity contribution in [2.45, 2.75) is 57.2 Å². The topological polar surface area (TPSA) is 107 Å². The summed E-state index contributed by atoms with van der Waals surface area (Å²) in [6.45, 7) is 0.626. The van der Waals surface area contributed by atoms with E-state index in [1.54, 1.807) is 6.20 Å². The molecule has 180 valence electrons. The van der Waals surface area contributed by atoms with Crippen LogP contribution in [0, 0.1) is 17.2 Å². The summed E-state index contributed by atoms with van der Waals surface area (Å²) >= 11 is 1.96. The number of hydrogen-bond donors (Lipinski definition) is 2. The van der Waals surface area contributed by atoms with E-state index >= 15 is 0 Å². The number of aromatic amines is 1. The van der Waals surface area contributed by atoms with E-state index in [2.05, 4.69) is 16.4 Å². The van der Waals surface area contributed by atoms with Crippen molar-refractivity contribution in [3.63, 3.8) is 0 Å². The van der Waals surface area contributed by atoms with Gasteiger partial charge < -0.3 is 15.2 Å². The lowest BCUT2D eigenvalue weighted by molar-refractivity contribution is 0.0693. The second-order valence-electron chi connectivity index (χ2n) is 9.72. The van der Waals surface area contributed by atoms with Crippen LogP contribution in [0.15, 0.2) is 35.3 Å². The first-order chi connectivity index (χ1) is 17.1. The van der Waals surface area contributed by atoms with Gasteiger partial charge in [0, 0.05) is 30.0 Å². The Balaban J connectivity index is 1.33. The summed E-state index contributed by atoms with van der Waals surface area (Å²) in [5.74, 6) is 2.70. The molecule has 1 aliphatic carbocycles. The molecule has 6 rings (SSSR count). The third-order valence-corrected chi connectivity index (χ3v) is 8.72. The van der Waals surface area contributed by atoms with Gasteiger partial charge in [-0.25, -0.2) is 0 Å². The van der Waals surface area contributed by atoms with Gasteiger partial charge in [-0.1, -0.05) is 12.8 Å². The first-order valence-electron chi connectivity index (χ1n) is 12.4. The van der Waals surface area contributed by atoms with E-state index in [1.165, 1.54) is 0 Å². The standard InChI is InChI=1S/C26H28N6O2S/c27-14-16-3-1-2-4-21(16)32-22-7-10-28-25(33)23(22)24(30-32)29-18-5-6-20-17(13-18)15-31(26(20)34)19-8-11-35-12-9-19/h5-7,10,13,16,19,21H,1-4,8-9,11-12,15H2,(H,28,33)(H,29,30). The van der Waals surface area contributed by atoms with Crippen LogP contribution in [0.2, 0.25) is 0 Å². The van der Waals surface area contributed by atoms with E-state index in [4.69, 9.17) is 5.10 Å². The number of aromatic nitrogens is 3. The summed E-state index contributed by atoms with van der Waals surface area (Å²) in [4.78, 5) is 30.6. The van der Waals surface area contributed by atoms with Gasteiger partial charge in [0.2, 0.25) is 0 Å². The zero-order valence-electron chi connectivity index (χ0n) is 19.5. The Morgan fingerprint density at radius 1 is 1.11 bits per heavy atom. The maximum absolute atomic E-state index is 13.0. The van der Waals surface area contributed by atoms with Crippen molar-refractivity contribution < 1.29 is 4.79 Å². The number of nitriles is 1. The van der Waals surface area contributed by atoms with Crippen molar-refractivity contribution in [1.29, 1.82) is 5.26 Å². The van der Waals surface area contributed by atoms with Gasteiger partial charge in [0.25, 0.3) is 11.5 Å². The van der Waals surface area contributed by atoms with Gasteiger partial charge in [-0.05, 0) is 67.0 Å². The van der Waals surface area contributed by atoms with Gasteiger partial charge >= 0.3 is 0 Å². The summed E-state index contributed by atoms with van der Waals surface area (Å²) in [7, 11) is 0. The molecule has 0 radical (unpaired) electrons. The van der Waals surface area contributed by atoms with E-state index in [-0.39, 0.29) is 23.4 Å². The summed E-state index contributed by atoms with van der Waals surface area (Å²) < 4.78 is 1.87. The lowest BCUT2D eigenvalue weighted by Gasteiger charge is -2.30. The molecular weight excluding hydrogens is 460 g/mol. The van der Waals surface area contributed by atoms with Gasteiger partial charge in [0.05, 0.1) is 23.5 Å². The highest BCUT2D eigenvalue weighted by Crippen LogP contribution is 2.37. The van der Waals surface area contributed by atoms with Crippen LogP contribution in [0.25, 0.3) is 10.9 Å². The first-order valence-corrected chi connectivity index (χ1v) is 13.6. The van der Waals surface area contributed by atoms with Crippen molar-refractivity contribution in [2.75, 3.05) is 16.8 Å². The zero-order chi connectivity index (χ0) is 23.9. The van der Waals surface area contributed by atoms with Crippen LogP contribution in [-0.2, 0) is 6.54 Å². The molecule has 1 amide bonds. The first kappa shape index (κ1) is 22.2. The molecule has 1 saturated carbocycles. The molecule has 3 aliphatic rings. The number of nitrogens with one attached hydrogen (secondary N) is 2. The molecule has 1 aromatic carbocycles. The number of nitrogens with zero attached hydrogens (tertiary/aromatic N) is 4. The fourth-order valence-corrected chi connectivity index (χ4v) is 6.93. The average molecular weight is 489 g/mol. The number of pyridine rings is 1. The second-order valence-corrected chi connectivity index (χ2v) is 10.9. The van der Waals surface area contributed by atoms with E-state index in [1.807, 2.05) is 45.6 Å². The number of anilines is 2. The Morgan fingerprint density at radius 2 is 1.94 bits per heavy atom. The predicted molar refractivity (Wildman–Crippen MR) is 137 cm³/mol. The van der Waals surface area contributed by atoms with Gasteiger partial charge in [0.1, 0.15) is 5.39 Å². The molecule has 2 N–H and O–H groups in total. The van der Waals surface area contributed by atoms with E-state index in [0.29, 0.717) is 23.8 Å². The van der Waals surface area contributed by atoms with Crippen LogP contribution in [0.3, 0.4) is 0 Å². The fourth-order valence-electron chi connectivity index (χ4n) is 5.84. The molecule has 3 aromatic rings. The average Bonchev–Trinajstić information content (AvgIpc) is 3.42. The fraction of sp³-hybridized carbons (Fsp3) is 0.462. The molecule has 0 bridgehead atoms. The van der Waals surface area contributed by atoms with Crippen molar-refractivity contribution >= 4 is 40.1 Å². The van der Waals surface area contributed by atoms with Crippen molar-refractivity contribution in [1.82, 2.24) is 19.7 Å². The lowest BCUT2D eigenvalue weighted by Crippen LogP contribution is -2.37. The lowest BCUT2D eigenvalue weighted by atomic mass is 9.85. The Bertz CT molecular complexity index is 1380. The molecule has 2 fully saturated rings. The second kappa shape index (κ2) is 9.08. The normalized spacial score (nSPS) is 22.8. The quantitative estimate of drug-likeness (QED) is 0.557. The highest BCUT2D eigenvalue weighted by molar-refractivity contribution is 7.99. The number of benzene rings is 1. The van der Waals surface area contributed by atoms with Crippen molar-refractivity contribution in [2.24, 2.45) is 5.92 Å². The molecule has 4 heterocycles. The van der Waals surface area contributed by atoms with Gasteiger partial charge in [0.15, 0.2) is 5.82 Å². The smallest absolute Gasteiger partial charge is 0.261 e. The highest BCUT2D eigenvalue weighted by Gasteiger charge is 2.34. The van der Waals surface area contributed by atoms with Gasteiger partial charge in [-0.2, -0.15) is 22.1 Å². The number of amides is 1. The van der Waals surface area contributed by atoms with Crippen LogP contribution in [0.5, 0.6) is 0 Å². The maximum Gasteiger partial charge on any atom is 0.261 e. The zero-order valence-corrected chi connectivity index (χ0v) is 20.3. The largest absolute Gasteiger partial charge is 0.338 e. The molecular formula is C26H28N6O2S. The molecule has 0 spiro atoms. The van der Waals surface area contributed by atoms with Crippen molar-refractivity contribution in [3.8, 4) is 6.07 Å². The summed E-state index contributed by atoms with van der Waals surface area (Å²) in [5.41, 5.74) is 3.10. The number of fused-ring (bicyclic) bond motifs is 2. The van der Waals surface area contributed by atoms with E-state index in [9.17, 15) is 14.9 Å². The number of thioether (sulfide) groups is 1. The van der Waals surface area contributed by atoms with Crippen LogP contribution in [0.4, 0.5) is 11.5 Å². The molecule has 2 unspecified atom stereocenters. The summed E-state index contributed by atoms with van der Waals surface area (Å²) in [5, 5.41) is 18.4. The minimum absolute atomic E-state index is 0.0477. The van der Waals surface area contributed by atoms with Crippen molar-refractivity contribution in [3.05, 3.63) is 51.9 Å². The molecule has 2 aromatic heterocycles. The van der Waals surface area contributed by atoms with E-state index in [0.717, 1.165) is 72.4 Å². The van der Waals surface area contributed by atoms with Crippen LogP contribution in [0.1, 0.15) is 60.5 Å². The Morgan fingerprint density at radius 3 is 2.77 bits per heavy atom. The van der Waals surface area contributed by atoms with E-state index < -0.39 is 0 Å². The third-order valence-electron chi connectivity index (χ3n) is 7.67. The summed E-state index contributed by atoms with van der Waals surface area (Å²) in [6.07, 6.45) is 7.55. The van der Waals surface area contributed by atoms with Gasteiger partial charge in [-0.15, -0.1) is 0 Å². The number of carbonyl (C=O) groups is 1. The SMILES string of the molecule is N#CC1CCCCC1n1nc(Nc2ccc3c(c2)CN(C2CCSCC2)C3=O)c2c(=O)[nH]ccc21. The molecule has 1 saturated heterocycles. The van der Waals surface area contributed by atoms with Crippen LogP contribution < -0.4 is 10.9 Å². The summed E-state index contributed by atoms with van der Waals surface area (Å²) in [6, 6.07) is 10.4. The number of hydrogen-bond acceptors (Lipinski definition) is 6. The minimum atomic E-state index is -0.210. The minimum Gasteiger partial charge on any atom is -0.338 e. The molecule has 2 atom stereocenters. The monoisotopic (exact) mass is 488 g/mol. The highest BCUT2D eigenvalue weighted by atomic mass is 32.2. The molecule has 2 aliphatic heterocycles. The maximum atomic E-state index is 13.0. The molecule has 9 heteroatoms. The van der Waals surface area contributed by atoms with Crippen LogP contribution in [-0.4, -0.2) is 43.1 Å². The number of rotatable bonds is 4. The predicted octanol–water partition coefficient (Wildman–Crippen LogP) is 4.57. The van der Waals surface area contributed by atoms with Gasteiger partial charge in [-0.3, -0.25) is 14.3 Å². The number of H-pyrrole nitrogens is 1. The Kier molecular flexibility index (Phi) is 5.77. The van der Waals surface area contributed by atoms with Crippen LogP contribution >= 0.6 is 11.8 Å². The Hall–Kier alpha value is -3.25. The molecule has 8 nitrogen and oxygen atoms in total.